The summed E-state index contributed by atoms with van der Waals surface area (Å²) in [5.41, 5.74) is 2.67. The molecule has 0 unspecified atom stereocenters. The molecule has 3 aromatic carbocycles. The summed E-state index contributed by atoms with van der Waals surface area (Å²) in [5, 5.41) is 10.5. The number of carbonyl (C=O) groups is 1. The van der Waals surface area contributed by atoms with Crippen molar-refractivity contribution in [2.24, 2.45) is 0 Å². The van der Waals surface area contributed by atoms with Crippen molar-refractivity contribution in [3.8, 4) is 11.5 Å². The maximum Gasteiger partial charge on any atom is 0.335 e. The molecule has 3 heterocycles. The van der Waals surface area contributed by atoms with Crippen LogP contribution in [0.1, 0.15) is 40.5 Å². The number of imidazole rings is 1. The van der Waals surface area contributed by atoms with Crippen molar-refractivity contribution in [1.82, 2.24) is 19.4 Å². The van der Waals surface area contributed by atoms with Gasteiger partial charge in [-0.25, -0.2) is 14.8 Å². The number of hydrogen-bond donors (Lipinski definition) is 1. The van der Waals surface area contributed by atoms with E-state index in [2.05, 4.69) is 9.88 Å². The molecule has 0 atom stereocenters. The van der Waals surface area contributed by atoms with Gasteiger partial charge in [-0.05, 0) is 66.9 Å². The number of carboxylic acid groups (broad SMARTS) is 1. The van der Waals surface area contributed by atoms with Crippen LogP contribution >= 0.6 is 23.2 Å². The van der Waals surface area contributed by atoms with Crippen molar-refractivity contribution < 1.29 is 23.8 Å². The zero-order valence-electron chi connectivity index (χ0n) is 22.6. The van der Waals surface area contributed by atoms with Crippen molar-refractivity contribution in [2.75, 3.05) is 13.1 Å². The fourth-order valence-corrected chi connectivity index (χ4v) is 5.57. The molecule has 11 heteroatoms. The first-order valence-electron chi connectivity index (χ1n) is 13.6. The highest BCUT2D eigenvalue weighted by Gasteiger charge is 2.23. The fraction of sp³-hybridized carbons (Fsp3) is 0.258. The number of likely N-dealkylation sites (tertiary alicyclic amines) is 1. The van der Waals surface area contributed by atoms with Crippen LogP contribution in [-0.2, 0) is 19.7 Å². The Morgan fingerprint density at radius 3 is 2.67 bits per heavy atom. The zero-order chi connectivity index (χ0) is 29.1. The number of benzene rings is 3. The molecule has 6 rings (SSSR count). The van der Waals surface area contributed by atoms with Gasteiger partial charge >= 0.3 is 5.97 Å². The smallest absolute Gasteiger partial charge is 0.335 e. The standard InChI is InChI=1S/C31H28Cl2N4O5/c32-22-5-7-28(25(33)16-22)41-19-20-2-1-3-24(14-20)42-23-8-11-36(12-9-23)17-29-35-26-6-4-21(31(38)39)15-27(26)37(29)18-30-34-10-13-40-30/h1-7,10,13-16,23H,8-9,11-12,17-19H2,(H,38,39). The minimum Gasteiger partial charge on any atom is -0.490 e. The lowest BCUT2D eigenvalue weighted by Gasteiger charge is -2.32. The lowest BCUT2D eigenvalue weighted by atomic mass is 10.1. The van der Waals surface area contributed by atoms with Crippen molar-refractivity contribution in [3.63, 3.8) is 0 Å². The van der Waals surface area contributed by atoms with Gasteiger partial charge in [-0.2, -0.15) is 0 Å². The molecule has 5 aromatic rings. The van der Waals surface area contributed by atoms with Gasteiger partial charge in [0.05, 0.1) is 34.4 Å². The van der Waals surface area contributed by atoms with Crippen LogP contribution in [0.2, 0.25) is 10.0 Å². The van der Waals surface area contributed by atoms with Gasteiger partial charge in [0.2, 0.25) is 5.89 Å². The predicted octanol–water partition coefficient (Wildman–Crippen LogP) is 6.70. The minimum atomic E-state index is -0.978. The van der Waals surface area contributed by atoms with E-state index in [-0.39, 0.29) is 11.7 Å². The van der Waals surface area contributed by atoms with Crippen LogP contribution < -0.4 is 9.47 Å². The van der Waals surface area contributed by atoms with Crippen LogP contribution in [0.5, 0.6) is 11.5 Å². The van der Waals surface area contributed by atoms with Crippen LogP contribution in [0.3, 0.4) is 0 Å². The van der Waals surface area contributed by atoms with Gasteiger partial charge in [0, 0.05) is 18.1 Å². The third kappa shape index (κ3) is 6.54. The Hall–Kier alpha value is -4.05. The van der Waals surface area contributed by atoms with Crippen molar-refractivity contribution in [2.45, 2.75) is 38.6 Å². The van der Waals surface area contributed by atoms with Crippen molar-refractivity contribution >= 4 is 40.2 Å². The number of fused-ring (bicyclic) bond motifs is 1. The number of oxazole rings is 1. The number of piperidine rings is 1. The molecule has 0 bridgehead atoms. The Bertz CT molecular complexity index is 1700. The number of halogens is 2. The van der Waals surface area contributed by atoms with Crippen LogP contribution in [0.4, 0.5) is 0 Å². The molecule has 0 aliphatic carbocycles. The second-order valence-electron chi connectivity index (χ2n) is 10.2. The molecule has 1 aliphatic rings. The molecule has 0 saturated carbocycles. The van der Waals surface area contributed by atoms with E-state index in [0.29, 0.717) is 41.4 Å². The highest BCUT2D eigenvalue weighted by Crippen LogP contribution is 2.29. The monoisotopic (exact) mass is 606 g/mol. The average Bonchev–Trinajstić information content (AvgIpc) is 3.62. The number of carboxylic acids is 1. The maximum absolute atomic E-state index is 11.6. The molecule has 1 saturated heterocycles. The number of rotatable bonds is 10. The average molecular weight is 607 g/mol. The van der Waals surface area contributed by atoms with E-state index in [0.717, 1.165) is 54.1 Å². The molecule has 0 spiro atoms. The third-order valence-corrected chi connectivity index (χ3v) is 7.77. The van der Waals surface area contributed by atoms with Gasteiger partial charge in [-0.3, -0.25) is 4.90 Å². The summed E-state index contributed by atoms with van der Waals surface area (Å²) in [6.45, 7) is 3.02. The van der Waals surface area contributed by atoms with Gasteiger partial charge in [-0.1, -0.05) is 35.3 Å². The number of aromatic carboxylic acids is 1. The van der Waals surface area contributed by atoms with E-state index in [1.54, 1.807) is 42.6 Å². The second-order valence-corrected chi connectivity index (χ2v) is 11.0. The summed E-state index contributed by atoms with van der Waals surface area (Å²) in [7, 11) is 0. The maximum atomic E-state index is 11.6. The van der Waals surface area contributed by atoms with Crippen LogP contribution in [0, 0.1) is 0 Å². The second kappa shape index (κ2) is 12.4. The molecule has 42 heavy (non-hydrogen) atoms. The predicted molar refractivity (Wildman–Crippen MR) is 158 cm³/mol. The third-order valence-electron chi connectivity index (χ3n) is 7.24. The Morgan fingerprint density at radius 2 is 1.90 bits per heavy atom. The van der Waals surface area contributed by atoms with Gasteiger partial charge in [0.1, 0.15) is 42.8 Å². The SMILES string of the molecule is O=C(O)c1ccc2nc(CN3CCC(Oc4cccc(COc5ccc(Cl)cc5Cl)c4)CC3)n(Cc3ncco3)c2c1. The van der Waals surface area contributed by atoms with Crippen LogP contribution in [0.15, 0.2) is 77.5 Å². The quantitative estimate of drug-likeness (QED) is 0.187. The summed E-state index contributed by atoms with van der Waals surface area (Å²) in [6, 6.07) is 18.0. The molecule has 216 valence electrons. The molecule has 9 nitrogen and oxygen atoms in total. The molecule has 2 aromatic heterocycles. The Balaban J connectivity index is 1.08. The van der Waals surface area contributed by atoms with E-state index >= 15 is 0 Å². The Labute approximate surface area is 252 Å². The summed E-state index contributed by atoms with van der Waals surface area (Å²) in [6.07, 6.45) is 4.94. The summed E-state index contributed by atoms with van der Waals surface area (Å²) < 4.78 is 19.7. The van der Waals surface area contributed by atoms with E-state index in [1.165, 1.54) is 6.26 Å². The van der Waals surface area contributed by atoms with E-state index in [1.807, 2.05) is 28.8 Å². The van der Waals surface area contributed by atoms with Gasteiger partial charge < -0.3 is 23.6 Å². The van der Waals surface area contributed by atoms with Gasteiger partial charge in [0.25, 0.3) is 0 Å². The molecule has 0 radical (unpaired) electrons. The van der Waals surface area contributed by atoms with E-state index < -0.39 is 5.97 Å². The molecule has 1 fully saturated rings. The lowest BCUT2D eigenvalue weighted by molar-refractivity contribution is 0.0697. The fourth-order valence-electron chi connectivity index (χ4n) is 5.11. The number of aromatic nitrogens is 3. The first-order valence-corrected chi connectivity index (χ1v) is 14.3. The lowest BCUT2D eigenvalue weighted by Crippen LogP contribution is -2.38. The molecular formula is C31H28Cl2N4O5. The topological polar surface area (TPSA) is 103 Å². The van der Waals surface area contributed by atoms with Gasteiger partial charge in [0.15, 0.2) is 0 Å². The largest absolute Gasteiger partial charge is 0.490 e. The van der Waals surface area contributed by atoms with Crippen molar-refractivity contribution in [1.29, 1.82) is 0 Å². The molecule has 1 aliphatic heterocycles. The number of hydrogen-bond acceptors (Lipinski definition) is 7. The molecule has 1 N–H and O–H groups in total. The normalized spacial score (nSPS) is 14.3. The number of ether oxygens (including phenoxy) is 2. The summed E-state index contributed by atoms with van der Waals surface area (Å²) in [4.78, 5) is 23.0. The van der Waals surface area contributed by atoms with Crippen LogP contribution in [0.25, 0.3) is 11.0 Å². The molecule has 0 amide bonds. The first kappa shape index (κ1) is 28.1. The van der Waals surface area contributed by atoms with Crippen molar-refractivity contribution in [3.05, 3.63) is 106 Å². The van der Waals surface area contributed by atoms with Crippen LogP contribution in [-0.4, -0.2) is 49.7 Å². The van der Waals surface area contributed by atoms with E-state index in [4.69, 9.17) is 42.1 Å². The first-order chi connectivity index (χ1) is 20.4. The molecular weight excluding hydrogens is 579 g/mol. The van der Waals surface area contributed by atoms with Gasteiger partial charge in [-0.15, -0.1) is 0 Å². The minimum absolute atomic E-state index is 0.0902. The summed E-state index contributed by atoms with van der Waals surface area (Å²) >= 11 is 12.2. The summed E-state index contributed by atoms with van der Waals surface area (Å²) in [5.74, 6) is 1.77. The highest BCUT2D eigenvalue weighted by atomic mass is 35.5. The highest BCUT2D eigenvalue weighted by molar-refractivity contribution is 6.35. The van der Waals surface area contributed by atoms with E-state index in [9.17, 15) is 9.90 Å². The number of nitrogens with zero attached hydrogens (tertiary/aromatic N) is 4. The Kier molecular flexibility index (Phi) is 8.32. The Morgan fingerprint density at radius 1 is 1.05 bits per heavy atom. The zero-order valence-corrected chi connectivity index (χ0v) is 24.1.